The summed E-state index contributed by atoms with van der Waals surface area (Å²) in [7, 11) is 0. The van der Waals surface area contributed by atoms with E-state index in [4.69, 9.17) is 4.74 Å². The predicted octanol–water partition coefficient (Wildman–Crippen LogP) is 4.37. The van der Waals surface area contributed by atoms with Crippen molar-refractivity contribution in [2.24, 2.45) is 23.7 Å². The Hall–Kier alpha value is -3.73. The third-order valence-corrected chi connectivity index (χ3v) is 6.78. The van der Waals surface area contributed by atoms with Gasteiger partial charge in [-0.25, -0.2) is 4.79 Å². The SMILES string of the molecule is O=C(Oc1cccc2ccccc12)c1ccc(N2C(=O)[C@@H]3[C@@H](C2=O)[C@H]2C=C[C@@H]3C2)cc1. The number of carbonyl (C=O) groups is 3. The molecule has 1 heterocycles. The zero-order valence-corrected chi connectivity index (χ0v) is 16.6. The topological polar surface area (TPSA) is 63.7 Å². The Bertz CT molecular complexity index is 1240. The Labute approximate surface area is 178 Å². The molecule has 0 N–H and O–H groups in total. The van der Waals surface area contributed by atoms with Gasteiger partial charge in [0.1, 0.15) is 5.75 Å². The molecule has 2 bridgehead atoms. The van der Waals surface area contributed by atoms with E-state index in [-0.39, 0.29) is 35.5 Å². The van der Waals surface area contributed by atoms with Gasteiger partial charge >= 0.3 is 5.97 Å². The second-order valence-electron chi connectivity index (χ2n) is 8.43. The molecule has 1 aliphatic heterocycles. The van der Waals surface area contributed by atoms with Gasteiger partial charge in [0.25, 0.3) is 0 Å². The molecule has 0 unspecified atom stereocenters. The maximum atomic E-state index is 13.0. The smallest absolute Gasteiger partial charge is 0.343 e. The number of ether oxygens (including phenoxy) is 1. The molecule has 5 heteroatoms. The first-order valence-corrected chi connectivity index (χ1v) is 10.5. The third kappa shape index (κ3) is 2.66. The van der Waals surface area contributed by atoms with E-state index in [1.54, 1.807) is 30.3 Å². The zero-order chi connectivity index (χ0) is 21.1. The fourth-order valence-corrected chi connectivity index (χ4v) is 5.35. The lowest BCUT2D eigenvalue weighted by Gasteiger charge is -2.17. The van der Waals surface area contributed by atoms with Gasteiger partial charge in [0, 0.05) is 5.39 Å². The van der Waals surface area contributed by atoms with E-state index in [1.807, 2.05) is 36.4 Å². The maximum absolute atomic E-state index is 13.0. The van der Waals surface area contributed by atoms with Crippen LogP contribution >= 0.6 is 0 Å². The highest BCUT2D eigenvalue weighted by molar-refractivity contribution is 6.22. The Morgan fingerprint density at radius 3 is 2.16 bits per heavy atom. The largest absolute Gasteiger partial charge is 0.422 e. The summed E-state index contributed by atoms with van der Waals surface area (Å²) in [6, 6.07) is 19.8. The van der Waals surface area contributed by atoms with Crippen LogP contribution in [0, 0.1) is 23.7 Å². The average molecular weight is 409 g/mol. The van der Waals surface area contributed by atoms with Crippen LogP contribution in [0.15, 0.2) is 78.9 Å². The van der Waals surface area contributed by atoms with E-state index in [1.165, 1.54) is 4.90 Å². The molecule has 0 aromatic heterocycles. The minimum absolute atomic E-state index is 0.127. The van der Waals surface area contributed by atoms with E-state index < -0.39 is 5.97 Å². The van der Waals surface area contributed by atoms with Crippen LogP contribution < -0.4 is 9.64 Å². The molecule has 1 saturated heterocycles. The summed E-state index contributed by atoms with van der Waals surface area (Å²) in [6.45, 7) is 0. The molecule has 31 heavy (non-hydrogen) atoms. The van der Waals surface area contributed by atoms with Gasteiger partial charge in [-0.3, -0.25) is 14.5 Å². The number of hydrogen-bond acceptors (Lipinski definition) is 4. The highest BCUT2D eigenvalue weighted by atomic mass is 16.5. The summed E-state index contributed by atoms with van der Waals surface area (Å²) >= 11 is 0. The number of allylic oxidation sites excluding steroid dienone is 2. The zero-order valence-electron chi connectivity index (χ0n) is 16.6. The van der Waals surface area contributed by atoms with Gasteiger partial charge in [-0.2, -0.15) is 0 Å². The van der Waals surface area contributed by atoms with Gasteiger partial charge in [0.05, 0.1) is 23.1 Å². The van der Waals surface area contributed by atoms with Gasteiger partial charge in [-0.15, -0.1) is 0 Å². The molecule has 2 aliphatic carbocycles. The van der Waals surface area contributed by atoms with E-state index in [0.29, 0.717) is 17.0 Å². The molecule has 0 spiro atoms. The van der Waals surface area contributed by atoms with Crippen LogP contribution in [0.2, 0.25) is 0 Å². The average Bonchev–Trinajstić information content (AvgIpc) is 3.48. The summed E-state index contributed by atoms with van der Waals surface area (Å²) < 4.78 is 5.62. The normalized spacial score (nSPS) is 26.0. The van der Waals surface area contributed by atoms with Crippen LogP contribution in [-0.4, -0.2) is 17.8 Å². The fraction of sp³-hybridized carbons (Fsp3) is 0.192. The lowest BCUT2D eigenvalue weighted by molar-refractivity contribution is -0.123. The van der Waals surface area contributed by atoms with Crippen LogP contribution in [0.25, 0.3) is 10.8 Å². The summed E-state index contributed by atoms with van der Waals surface area (Å²) in [5.41, 5.74) is 0.864. The molecular formula is C26H19NO4. The minimum Gasteiger partial charge on any atom is -0.422 e. The molecule has 0 radical (unpaired) electrons. The fourth-order valence-electron chi connectivity index (χ4n) is 5.35. The Balaban J connectivity index is 1.24. The molecule has 4 atom stereocenters. The van der Waals surface area contributed by atoms with Crippen molar-refractivity contribution < 1.29 is 19.1 Å². The third-order valence-electron chi connectivity index (χ3n) is 6.78. The molecule has 1 saturated carbocycles. The van der Waals surface area contributed by atoms with Gasteiger partial charge in [-0.1, -0.05) is 48.6 Å². The lowest BCUT2D eigenvalue weighted by Crippen LogP contribution is -2.32. The summed E-state index contributed by atoms with van der Waals surface area (Å²) in [4.78, 5) is 39.9. The van der Waals surface area contributed by atoms with Gasteiger partial charge in [-0.05, 0) is 54.0 Å². The van der Waals surface area contributed by atoms with Crippen molar-refractivity contribution in [2.75, 3.05) is 4.90 Å². The summed E-state index contributed by atoms with van der Waals surface area (Å²) in [5.74, 6) is -0.375. The molecule has 3 aromatic carbocycles. The number of carbonyl (C=O) groups excluding carboxylic acids is 3. The summed E-state index contributed by atoms with van der Waals surface area (Å²) in [6.07, 6.45) is 5.05. The lowest BCUT2D eigenvalue weighted by atomic mass is 9.85. The molecule has 2 fully saturated rings. The Morgan fingerprint density at radius 2 is 1.45 bits per heavy atom. The second kappa shape index (κ2) is 6.64. The van der Waals surface area contributed by atoms with E-state index in [2.05, 4.69) is 12.2 Å². The van der Waals surface area contributed by atoms with Gasteiger partial charge in [0.15, 0.2) is 0 Å². The van der Waals surface area contributed by atoms with Crippen molar-refractivity contribution in [3.8, 4) is 5.75 Å². The number of anilines is 1. The highest BCUT2D eigenvalue weighted by Gasteiger charge is 2.59. The number of hydrogen-bond donors (Lipinski definition) is 0. The molecule has 3 aromatic rings. The number of rotatable bonds is 3. The first-order chi connectivity index (χ1) is 15.1. The predicted molar refractivity (Wildman–Crippen MR) is 116 cm³/mol. The van der Waals surface area contributed by atoms with E-state index in [9.17, 15) is 14.4 Å². The van der Waals surface area contributed by atoms with Crippen LogP contribution in [0.4, 0.5) is 5.69 Å². The minimum atomic E-state index is -0.485. The highest BCUT2D eigenvalue weighted by Crippen LogP contribution is 2.53. The van der Waals surface area contributed by atoms with Crippen molar-refractivity contribution in [2.45, 2.75) is 6.42 Å². The van der Waals surface area contributed by atoms with Crippen molar-refractivity contribution in [1.82, 2.24) is 0 Å². The molecule has 2 amide bonds. The quantitative estimate of drug-likeness (QED) is 0.279. The number of nitrogens with zero attached hydrogens (tertiary/aromatic N) is 1. The van der Waals surface area contributed by atoms with Gasteiger partial charge in [0.2, 0.25) is 11.8 Å². The second-order valence-corrected chi connectivity index (χ2v) is 8.43. The standard InChI is InChI=1S/C26H19NO4/c28-24-22-17-8-9-18(14-17)23(22)25(29)27(24)19-12-10-16(11-13-19)26(30)31-21-7-3-5-15-4-1-2-6-20(15)21/h1-13,17-18,22-23H,14H2/t17-,18+,22-,23-/m0/s1. The van der Waals surface area contributed by atoms with Crippen LogP contribution in [0.3, 0.4) is 0 Å². The van der Waals surface area contributed by atoms with Crippen molar-refractivity contribution in [3.05, 3.63) is 84.4 Å². The van der Waals surface area contributed by atoms with E-state index in [0.717, 1.165) is 17.2 Å². The number of amides is 2. The van der Waals surface area contributed by atoms with Crippen molar-refractivity contribution in [3.63, 3.8) is 0 Å². The Kier molecular flexibility index (Phi) is 3.87. The molecule has 152 valence electrons. The maximum Gasteiger partial charge on any atom is 0.343 e. The number of imide groups is 1. The van der Waals surface area contributed by atoms with Crippen LogP contribution in [-0.2, 0) is 9.59 Å². The van der Waals surface area contributed by atoms with Crippen molar-refractivity contribution >= 4 is 34.2 Å². The molecule has 6 rings (SSSR count). The molecular weight excluding hydrogens is 390 g/mol. The number of esters is 1. The monoisotopic (exact) mass is 409 g/mol. The number of fused-ring (bicyclic) bond motifs is 6. The van der Waals surface area contributed by atoms with Gasteiger partial charge < -0.3 is 4.74 Å². The first-order valence-electron chi connectivity index (χ1n) is 10.5. The van der Waals surface area contributed by atoms with E-state index >= 15 is 0 Å². The molecule has 5 nitrogen and oxygen atoms in total. The van der Waals surface area contributed by atoms with Crippen molar-refractivity contribution in [1.29, 1.82) is 0 Å². The Morgan fingerprint density at radius 1 is 0.806 bits per heavy atom. The molecule has 3 aliphatic rings. The first kappa shape index (κ1) is 18.1. The van der Waals surface area contributed by atoms with Crippen LogP contribution in [0.1, 0.15) is 16.8 Å². The summed E-state index contributed by atoms with van der Waals surface area (Å²) in [5, 5.41) is 1.85. The van der Waals surface area contributed by atoms with Crippen LogP contribution in [0.5, 0.6) is 5.75 Å². The number of benzene rings is 3.